The van der Waals surface area contributed by atoms with Crippen molar-refractivity contribution >= 4 is 11.6 Å². The summed E-state index contributed by atoms with van der Waals surface area (Å²) in [5.41, 5.74) is 1.21. The lowest BCUT2D eigenvalue weighted by molar-refractivity contribution is 0.297. The van der Waals surface area contributed by atoms with Crippen LogP contribution in [0.15, 0.2) is 18.2 Å². The van der Waals surface area contributed by atoms with Gasteiger partial charge in [0.2, 0.25) is 0 Å². The second-order valence-corrected chi connectivity index (χ2v) is 7.15. The second kappa shape index (κ2) is 8.65. The summed E-state index contributed by atoms with van der Waals surface area (Å²) < 4.78 is 5.97. The average Bonchev–Trinajstić information content (AvgIpc) is 2.42. The first-order valence-corrected chi connectivity index (χ1v) is 8.38. The maximum Gasteiger partial charge on any atom is 0.123 e. The Bertz CT molecular complexity index is 426. The van der Waals surface area contributed by atoms with Crippen molar-refractivity contribution in [2.24, 2.45) is 0 Å². The second-order valence-electron chi connectivity index (χ2n) is 6.71. The Morgan fingerprint density at radius 3 is 2.57 bits per heavy atom. The van der Waals surface area contributed by atoms with Crippen LogP contribution in [0.3, 0.4) is 0 Å². The SMILES string of the molecule is CCC(C)NCCCCOc1ccc(Cl)cc1C(C)(C)C. The Morgan fingerprint density at radius 2 is 1.95 bits per heavy atom. The molecule has 1 N–H and O–H groups in total. The van der Waals surface area contributed by atoms with Gasteiger partial charge >= 0.3 is 0 Å². The lowest BCUT2D eigenvalue weighted by Gasteiger charge is -2.23. The van der Waals surface area contributed by atoms with Crippen LogP contribution in [-0.4, -0.2) is 19.2 Å². The van der Waals surface area contributed by atoms with Crippen LogP contribution < -0.4 is 10.1 Å². The highest BCUT2D eigenvalue weighted by Gasteiger charge is 2.19. The molecule has 21 heavy (non-hydrogen) atoms. The quantitative estimate of drug-likeness (QED) is 0.667. The number of nitrogens with one attached hydrogen (secondary N) is 1. The molecule has 0 bridgehead atoms. The van der Waals surface area contributed by atoms with Crippen molar-refractivity contribution < 1.29 is 4.74 Å². The van der Waals surface area contributed by atoms with E-state index >= 15 is 0 Å². The molecule has 1 unspecified atom stereocenters. The van der Waals surface area contributed by atoms with Gasteiger partial charge in [0.05, 0.1) is 6.61 Å². The van der Waals surface area contributed by atoms with Gasteiger partial charge in [-0.2, -0.15) is 0 Å². The molecule has 0 saturated carbocycles. The molecule has 1 aromatic rings. The van der Waals surface area contributed by atoms with Gasteiger partial charge in [0, 0.05) is 16.6 Å². The lowest BCUT2D eigenvalue weighted by Crippen LogP contribution is -2.26. The van der Waals surface area contributed by atoms with Crippen LogP contribution in [0.2, 0.25) is 5.02 Å². The van der Waals surface area contributed by atoms with Gasteiger partial charge in [-0.25, -0.2) is 0 Å². The minimum atomic E-state index is 0.0400. The highest BCUT2D eigenvalue weighted by molar-refractivity contribution is 6.30. The molecule has 0 aliphatic carbocycles. The molecule has 0 amide bonds. The van der Waals surface area contributed by atoms with Crippen LogP contribution in [0, 0.1) is 0 Å². The average molecular weight is 312 g/mol. The number of ether oxygens (including phenoxy) is 1. The summed E-state index contributed by atoms with van der Waals surface area (Å²) >= 11 is 6.10. The molecular formula is C18H30ClNO. The van der Waals surface area contributed by atoms with Gasteiger partial charge < -0.3 is 10.1 Å². The van der Waals surface area contributed by atoms with Crippen LogP contribution in [-0.2, 0) is 5.41 Å². The summed E-state index contributed by atoms with van der Waals surface area (Å²) in [6.07, 6.45) is 3.38. The van der Waals surface area contributed by atoms with Crippen LogP contribution in [0.5, 0.6) is 5.75 Å². The zero-order valence-electron chi connectivity index (χ0n) is 14.1. The fourth-order valence-corrected chi connectivity index (χ4v) is 2.29. The molecule has 1 atom stereocenters. The van der Waals surface area contributed by atoms with Crippen molar-refractivity contribution in [1.82, 2.24) is 5.32 Å². The van der Waals surface area contributed by atoms with Crippen LogP contribution in [0.25, 0.3) is 0 Å². The molecule has 0 heterocycles. The molecule has 0 spiro atoms. The van der Waals surface area contributed by atoms with E-state index < -0.39 is 0 Å². The van der Waals surface area contributed by atoms with Crippen molar-refractivity contribution in [3.8, 4) is 5.75 Å². The Hall–Kier alpha value is -0.730. The molecule has 2 nitrogen and oxygen atoms in total. The minimum Gasteiger partial charge on any atom is -0.493 e. The molecule has 0 fully saturated rings. The molecule has 0 aliphatic heterocycles. The maximum absolute atomic E-state index is 6.10. The van der Waals surface area contributed by atoms with Gasteiger partial charge in [-0.1, -0.05) is 39.3 Å². The molecule has 1 rings (SSSR count). The van der Waals surface area contributed by atoms with Gasteiger partial charge in [0.25, 0.3) is 0 Å². The highest BCUT2D eigenvalue weighted by atomic mass is 35.5. The standard InChI is InChI=1S/C18H30ClNO/c1-6-14(2)20-11-7-8-12-21-17-10-9-15(19)13-16(17)18(3,4)5/h9-10,13-14,20H,6-8,11-12H2,1-5H3. The third-order valence-electron chi connectivity index (χ3n) is 3.68. The Balaban J connectivity index is 2.42. The number of benzene rings is 1. The molecule has 120 valence electrons. The van der Waals surface area contributed by atoms with E-state index in [1.165, 1.54) is 12.0 Å². The van der Waals surface area contributed by atoms with E-state index in [1.807, 2.05) is 18.2 Å². The highest BCUT2D eigenvalue weighted by Crippen LogP contribution is 2.33. The van der Waals surface area contributed by atoms with Crippen molar-refractivity contribution in [3.63, 3.8) is 0 Å². The smallest absolute Gasteiger partial charge is 0.123 e. The number of hydrogen-bond acceptors (Lipinski definition) is 2. The molecule has 0 aliphatic rings. The molecule has 0 radical (unpaired) electrons. The Morgan fingerprint density at radius 1 is 1.24 bits per heavy atom. The van der Waals surface area contributed by atoms with Gasteiger partial charge in [0.15, 0.2) is 0 Å². The van der Waals surface area contributed by atoms with Crippen molar-refractivity contribution in [1.29, 1.82) is 0 Å². The molecule has 1 aromatic carbocycles. The topological polar surface area (TPSA) is 21.3 Å². The number of hydrogen-bond donors (Lipinski definition) is 1. The lowest BCUT2D eigenvalue weighted by atomic mass is 9.86. The first-order chi connectivity index (χ1) is 9.84. The molecular weight excluding hydrogens is 282 g/mol. The van der Waals surface area contributed by atoms with Gasteiger partial charge in [-0.3, -0.25) is 0 Å². The molecule has 0 saturated heterocycles. The number of unbranched alkanes of at least 4 members (excludes halogenated alkanes) is 1. The predicted molar refractivity (Wildman–Crippen MR) is 92.6 cm³/mol. The summed E-state index contributed by atoms with van der Waals surface area (Å²) in [6.45, 7) is 12.8. The third-order valence-corrected chi connectivity index (χ3v) is 3.92. The van der Waals surface area contributed by atoms with E-state index in [9.17, 15) is 0 Å². The summed E-state index contributed by atoms with van der Waals surface area (Å²) in [7, 11) is 0. The Kier molecular flexibility index (Phi) is 7.55. The summed E-state index contributed by atoms with van der Waals surface area (Å²) in [6, 6.07) is 6.51. The first kappa shape index (κ1) is 18.3. The van der Waals surface area contributed by atoms with E-state index in [-0.39, 0.29) is 5.41 Å². The summed E-state index contributed by atoms with van der Waals surface area (Å²) in [4.78, 5) is 0. The number of halogens is 1. The molecule has 3 heteroatoms. The molecule has 0 aromatic heterocycles. The van der Waals surface area contributed by atoms with Gasteiger partial charge in [-0.15, -0.1) is 0 Å². The largest absolute Gasteiger partial charge is 0.493 e. The Labute approximate surface area is 135 Å². The van der Waals surface area contributed by atoms with E-state index in [1.54, 1.807) is 0 Å². The van der Waals surface area contributed by atoms with Crippen LogP contribution in [0.4, 0.5) is 0 Å². The van der Waals surface area contributed by atoms with E-state index in [0.717, 1.165) is 36.8 Å². The van der Waals surface area contributed by atoms with Crippen molar-refractivity contribution in [2.45, 2.75) is 65.3 Å². The fraction of sp³-hybridized carbons (Fsp3) is 0.667. The van der Waals surface area contributed by atoms with Gasteiger partial charge in [0.1, 0.15) is 5.75 Å². The minimum absolute atomic E-state index is 0.0400. The van der Waals surface area contributed by atoms with Crippen molar-refractivity contribution in [2.75, 3.05) is 13.2 Å². The summed E-state index contributed by atoms with van der Waals surface area (Å²) in [5.74, 6) is 0.960. The van der Waals surface area contributed by atoms with Crippen LogP contribution >= 0.6 is 11.6 Å². The monoisotopic (exact) mass is 311 g/mol. The van der Waals surface area contributed by atoms with Crippen molar-refractivity contribution in [3.05, 3.63) is 28.8 Å². The fourth-order valence-electron chi connectivity index (χ4n) is 2.12. The van der Waals surface area contributed by atoms with Crippen LogP contribution in [0.1, 0.15) is 59.4 Å². The van der Waals surface area contributed by atoms with E-state index in [2.05, 4.69) is 39.9 Å². The summed E-state index contributed by atoms with van der Waals surface area (Å²) in [5, 5.41) is 4.27. The maximum atomic E-state index is 6.10. The third kappa shape index (κ3) is 6.71. The zero-order valence-corrected chi connectivity index (χ0v) is 14.9. The zero-order chi connectivity index (χ0) is 15.9. The normalized spacial score (nSPS) is 13.2. The van der Waals surface area contributed by atoms with E-state index in [4.69, 9.17) is 16.3 Å². The predicted octanol–water partition coefficient (Wildman–Crippen LogP) is 5.18. The van der Waals surface area contributed by atoms with Gasteiger partial charge in [-0.05, 0) is 56.3 Å². The number of rotatable bonds is 8. The first-order valence-electron chi connectivity index (χ1n) is 8.00. The van der Waals surface area contributed by atoms with E-state index in [0.29, 0.717) is 6.04 Å².